The summed E-state index contributed by atoms with van der Waals surface area (Å²) in [4.78, 5) is 33.5. The second kappa shape index (κ2) is 7.75. The summed E-state index contributed by atoms with van der Waals surface area (Å²) < 4.78 is 0. The molecule has 0 aliphatic carbocycles. The van der Waals surface area contributed by atoms with Gasteiger partial charge in [-0.3, -0.25) is 9.78 Å². The molecule has 3 aromatic heterocycles. The van der Waals surface area contributed by atoms with Crippen molar-refractivity contribution in [2.45, 2.75) is 39.5 Å². The van der Waals surface area contributed by atoms with Crippen LogP contribution in [0.2, 0.25) is 0 Å². The first-order valence-electron chi connectivity index (χ1n) is 9.50. The Hall–Kier alpha value is -2.67. The number of aryl methyl sites for hydroxylation is 3. The molecular weight excluding hydrogens is 370 g/mol. The number of aromatic nitrogens is 4. The van der Waals surface area contributed by atoms with E-state index in [9.17, 15) is 4.79 Å². The molecule has 3 aromatic rings. The number of hydrogen-bond acceptors (Lipinski definition) is 6. The molecule has 0 saturated carbocycles. The Labute approximate surface area is 168 Å². The van der Waals surface area contributed by atoms with Crippen molar-refractivity contribution in [1.29, 1.82) is 0 Å². The average molecular weight is 394 g/mol. The zero-order valence-corrected chi connectivity index (χ0v) is 17.2. The third-order valence-corrected chi connectivity index (χ3v) is 6.18. The Bertz CT molecular complexity index is 1000. The van der Waals surface area contributed by atoms with Gasteiger partial charge in [0.05, 0.1) is 16.4 Å². The molecule has 4 rings (SSSR count). The molecule has 1 fully saturated rings. The van der Waals surface area contributed by atoms with Crippen LogP contribution < -0.4 is 0 Å². The molecule has 0 N–H and O–H groups in total. The highest BCUT2D eigenvalue weighted by molar-refractivity contribution is 7.13. The van der Waals surface area contributed by atoms with Crippen LogP contribution in [0.4, 0.5) is 0 Å². The van der Waals surface area contributed by atoms with E-state index in [1.54, 1.807) is 12.4 Å². The zero-order chi connectivity index (χ0) is 19.7. The number of thiazole rings is 1. The minimum atomic E-state index is 0.0871. The Morgan fingerprint density at radius 1 is 1.18 bits per heavy atom. The van der Waals surface area contributed by atoms with Crippen LogP contribution in [0.5, 0.6) is 0 Å². The SMILES string of the molecule is Cc1ncc(-c2ccncc2)c(C2CCCN(C(=O)c3sc(C)nc3C)C2)n1. The average Bonchev–Trinajstić information content (AvgIpc) is 3.06. The molecule has 1 aliphatic heterocycles. The lowest BCUT2D eigenvalue weighted by molar-refractivity contribution is 0.0710. The summed E-state index contributed by atoms with van der Waals surface area (Å²) in [6.45, 7) is 7.21. The van der Waals surface area contributed by atoms with Crippen LogP contribution in [0, 0.1) is 20.8 Å². The normalized spacial score (nSPS) is 17.0. The molecule has 1 atom stereocenters. The molecule has 0 spiro atoms. The lowest BCUT2D eigenvalue weighted by Gasteiger charge is -2.33. The first-order valence-corrected chi connectivity index (χ1v) is 10.3. The number of piperidine rings is 1. The van der Waals surface area contributed by atoms with E-state index in [0.29, 0.717) is 6.54 Å². The predicted molar refractivity (Wildman–Crippen MR) is 109 cm³/mol. The van der Waals surface area contributed by atoms with Crippen molar-refractivity contribution in [2.24, 2.45) is 0 Å². The van der Waals surface area contributed by atoms with Crippen molar-refractivity contribution >= 4 is 17.2 Å². The number of carbonyl (C=O) groups is 1. The standard InChI is InChI=1S/C21H23N5OS/c1-13-20(28-15(3)24-13)21(27)26-10-4-5-17(12-26)19-18(11-23-14(2)25-19)16-6-8-22-9-7-16/h6-9,11,17H,4-5,10,12H2,1-3H3. The topological polar surface area (TPSA) is 71.9 Å². The molecule has 1 amide bonds. The van der Waals surface area contributed by atoms with Crippen molar-refractivity contribution < 1.29 is 4.79 Å². The highest BCUT2D eigenvalue weighted by Gasteiger charge is 2.30. The number of pyridine rings is 1. The first kappa shape index (κ1) is 18.7. The predicted octanol–water partition coefficient (Wildman–Crippen LogP) is 3.94. The summed E-state index contributed by atoms with van der Waals surface area (Å²) in [6, 6.07) is 3.96. The molecule has 1 unspecified atom stereocenters. The fraction of sp³-hybridized carbons (Fsp3) is 0.381. The number of amides is 1. The Kier molecular flexibility index (Phi) is 5.17. The number of carbonyl (C=O) groups excluding carboxylic acids is 1. The second-order valence-corrected chi connectivity index (χ2v) is 8.39. The van der Waals surface area contributed by atoms with Crippen LogP contribution in [-0.4, -0.2) is 43.8 Å². The highest BCUT2D eigenvalue weighted by atomic mass is 32.1. The maximum absolute atomic E-state index is 13.1. The first-order chi connectivity index (χ1) is 13.5. The maximum Gasteiger partial charge on any atom is 0.265 e. The number of likely N-dealkylation sites (tertiary alicyclic amines) is 1. The molecular formula is C21H23N5OS. The summed E-state index contributed by atoms with van der Waals surface area (Å²) in [5, 5.41) is 0.931. The number of hydrogen-bond donors (Lipinski definition) is 0. The van der Waals surface area contributed by atoms with Gasteiger partial charge < -0.3 is 4.90 Å². The van der Waals surface area contributed by atoms with E-state index in [4.69, 9.17) is 4.98 Å². The maximum atomic E-state index is 13.1. The van der Waals surface area contributed by atoms with E-state index in [2.05, 4.69) is 15.0 Å². The smallest absolute Gasteiger partial charge is 0.265 e. The summed E-state index contributed by atoms with van der Waals surface area (Å²) >= 11 is 1.48. The van der Waals surface area contributed by atoms with E-state index in [-0.39, 0.29) is 11.8 Å². The van der Waals surface area contributed by atoms with Crippen molar-refractivity contribution in [2.75, 3.05) is 13.1 Å². The quantitative estimate of drug-likeness (QED) is 0.674. The third-order valence-electron chi connectivity index (χ3n) is 5.12. The van der Waals surface area contributed by atoms with Gasteiger partial charge >= 0.3 is 0 Å². The third kappa shape index (κ3) is 3.67. The minimum Gasteiger partial charge on any atom is -0.337 e. The van der Waals surface area contributed by atoms with Crippen LogP contribution in [0.1, 0.15) is 50.7 Å². The van der Waals surface area contributed by atoms with Crippen molar-refractivity contribution in [3.63, 3.8) is 0 Å². The summed E-state index contributed by atoms with van der Waals surface area (Å²) in [6.07, 6.45) is 7.44. The van der Waals surface area contributed by atoms with Crippen LogP contribution in [0.15, 0.2) is 30.7 Å². The molecule has 28 heavy (non-hydrogen) atoms. The Balaban J connectivity index is 1.64. The van der Waals surface area contributed by atoms with Gasteiger partial charge in [0.25, 0.3) is 5.91 Å². The van der Waals surface area contributed by atoms with Crippen LogP contribution in [-0.2, 0) is 0 Å². The lowest BCUT2D eigenvalue weighted by atomic mass is 9.90. The minimum absolute atomic E-state index is 0.0871. The van der Waals surface area contributed by atoms with Crippen molar-refractivity contribution in [1.82, 2.24) is 24.8 Å². The van der Waals surface area contributed by atoms with Gasteiger partial charge in [-0.25, -0.2) is 15.0 Å². The van der Waals surface area contributed by atoms with Gasteiger partial charge in [0.2, 0.25) is 0 Å². The van der Waals surface area contributed by atoms with E-state index in [0.717, 1.165) is 57.6 Å². The van der Waals surface area contributed by atoms with E-state index in [1.807, 2.05) is 44.0 Å². The lowest BCUT2D eigenvalue weighted by Crippen LogP contribution is -2.39. The largest absolute Gasteiger partial charge is 0.337 e. The summed E-state index contributed by atoms with van der Waals surface area (Å²) in [5.41, 5.74) is 3.93. The van der Waals surface area contributed by atoms with Crippen molar-refractivity contribution in [3.05, 3.63) is 57.8 Å². The second-order valence-electron chi connectivity index (χ2n) is 7.19. The molecule has 0 aromatic carbocycles. The van der Waals surface area contributed by atoms with Gasteiger partial charge in [-0.05, 0) is 51.3 Å². The fourth-order valence-electron chi connectivity index (χ4n) is 3.81. The van der Waals surface area contributed by atoms with E-state index in [1.165, 1.54) is 11.3 Å². The molecule has 144 valence electrons. The summed E-state index contributed by atoms with van der Waals surface area (Å²) in [5.74, 6) is 1.03. The molecule has 0 radical (unpaired) electrons. The molecule has 0 bridgehead atoms. The van der Waals surface area contributed by atoms with Gasteiger partial charge in [-0.15, -0.1) is 11.3 Å². The van der Waals surface area contributed by atoms with Gasteiger partial charge in [-0.2, -0.15) is 0 Å². The van der Waals surface area contributed by atoms with Gasteiger partial charge in [0.15, 0.2) is 0 Å². The fourth-order valence-corrected chi connectivity index (χ4v) is 4.70. The van der Waals surface area contributed by atoms with Crippen LogP contribution in [0.3, 0.4) is 0 Å². The van der Waals surface area contributed by atoms with E-state index >= 15 is 0 Å². The highest BCUT2D eigenvalue weighted by Crippen LogP contribution is 2.33. The molecule has 4 heterocycles. The monoisotopic (exact) mass is 393 g/mol. The van der Waals surface area contributed by atoms with Gasteiger partial charge in [0.1, 0.15) is 10.7 Å². The number of rotatable bonds is 3. The van der Waals surface area contributed by atoms with Crippen LogP contribution >= 0.6 is 11.3 Å². The Morgan fingerprint density at radius 2 is 1.96 bits per heavy atom. The zero-order valence-electron chi connectivity index (χ0n) is 16.3. The molecule has 7 heteroatoms. The Morgan fingerprint density at radius 3 is 2.68 bits per heavy atom. The van der Waals surface area contributed by atoms with E-state index < -0.39 is 0 Å². The van der Waals surface area contributed by atoms with Crippen LogP contribution in [0.25, 0.3) is 11.1 Å². The molecule has 1 saturated heterocycles. The molecule has 6 nitrogen and oxygen atoms in total. The molecule has 1 aliphatic rings. The summed E-state index contributed by atoms with van der Waals surface area (Å²) in [7, 11) is 0. The van der Waals surface area contributed by atoms with Crippen molar-refractivity contribution in [3.8, 4) is 11.1 Å². The number of nitrogens with zero attached hydrogens (tertiary/aromatic N) is 5. The van der Waals surface area contributed by atoms with Gasteiger partial charge in [-0.1, -0.05) is 0 Å². The van der Waals surface area contributed by atoms with Gasteiger partial charge in [0, 0.05) is 43.2 Å².